The molecule has 1 aliphatic rings. The molecule has 18 heavy (non-hydrogen) atoms. The summed E-state index contributed by atoms with van der Waals surface area (Å²) < 4.78 is 0. The van der Waals surface area contributed by atoms with Gasteiger partial charge in [-0.25, -0.2) is 0 Å². The van der Waals surface area contributed by atoms with E-state index in [9.17, 15) is 0 Å². The van der Waals surface area contributed by atoms with Gasteiger partial charge in [-0.2, -0.15) is 0 Å². The summed E-state index contributed by atoms with van der Waals surface area (Å²) in [6, 6.07) is 9.38. The maximum absolute atomic E-state index is 3.77. The number of rotatable bonds is 3. The topological polar surface area (TPSA) is 12.0 Å². The van der Waals surface area contributed by atoms with Gasteiger partial charge in [0.2, 0.25) is 0 Å². The van der Waals surface area contributed by atoms with Crippen LogP contribution in [0, 0.1) is 18.3 Å². The molecule has 1 heteroatoms. The zero-order valence-corrected chi connectivity index (χ0v) is 12.3. The van der Waals surface area contributed by atoms with E-state index in [0.29, 0.717) is 11.5 Å². The van der Waals surface area contributed by atoms with Crippen molar-refractivity contribution < 1.29 is 0 Å². The zero-order chi connectivity index (χ0) is 13.2. The summed E-state index contributed by atoms with van der Waals surface area (Å²) in [4.78, 5) is 0. The standard InChI is InChI=1S/C17H27N/c1-13-7-5-6-8-15(13)12-18-16-9-10-17(3,4)11-14(16)2/h5-8,14,16,18H,9-12H2,1-4H3. The van der Waals surface area contributed by atoms with Gasteiger partial charge in [0.15, 0.2) is 0 Å². The molecule has 100 valence electrons. The third-order valence-electron chi connectivity index (χ3n) is 4.51. The van der Waals surface area contributed by atoms with E-state index in [1.807, 2.05) is 0 Å². The predicted molar refractivity (Wildman–Crippen MR) is 78.6 cm³/mol. The lowest BCUT2D eigenvalue weighted by molar-refractivity contribution is 0.148. The number of aryl methyl sites for hydroxylation is 1. The molecule has 1 fully saturated rings. The minimum Gasteiger partial charge on any atom is -0.310 e. The van der Waals surface area contributed by atoms with Gasteiger partial charge in [-0.1, -0.05) is 45.0 Å². The molecule has 0 radical (unpaired) electrons. The van der Waals surface area contributed by atoms with E-state index in [4.69, 9.17) is 0 Å². The number of nitrogens with one attached hydrogen (secondary N) is 1. The first kappa shape index (κ1) is 13.6. The minimum absolute atomic E-state index is 0.542. The first-order valence-electron chi connectivity index (χ1n) is 7.26. The molecule has 0 amide bonds. The highest BCUT2D eigenvalue weighted by atomic mass is 14.9. The smallest absolute Gasteiger partial charge is 0.0210 e. The average Bonchev–Trinajstić information content (AvgIpc) is 2.29. The lowest BCUT2D eigenvalue weighted by Crippen LogP contribution is -2.41. The van der Waals surface area contributed by atoms with E-state index in [0.717, 1.165) is 12.5 Å². The largest absolute Gasteiger partial charge is 0.310 e. The van der Waals surface area contributed by atoms with Gasteiger partial charge in [-0.15, -0.1) is 0 Å². The van der Waals surface area contributed by atoms with Crippen molar-refractivity contribution in [3.63, 3.8) is 0 Å². The molecule has 1 aromatic carbocycles. The SMILES string of the molecule is Cc1ccccc1CNC1CCC(C)(C)CC1C. The first-order chi connectivity index (χ1) is 8.48. The van der Waals surface area contributed by atoms with Crippen LogP contribution in [0.25, 0.3) is 0 Å². The Kier molecular flexibility index (Phi) is 4.11. The van der Waals surface area contributed by atoms with Gasteiger partial charge in [0.05, 0.1) is 0 Å². The second kappa shape index (κ2) is 5.44. The van der Waals surface area contributed by atoms with E-state index in [1.54, 1.807) is 0 Å². The van der Waals surface area contributed by atoms with Gasteiger partial charge in [-0.3, -0.25) is 0 Å². The molecule has 0 heterocycles. The zero-order valence-electron chi connectivity index (χ0n) is 12.3. The van der Waals surface area contributed by atoms with Crippen LogP contribution in [0.3, 0.4) is 0 Å². The van der Waals surface area contributed by atoms with Crippen molar-refractivity contribution in [2.75, 3.05) is 0 Å². The van der Waals surface area contributed by atoms with Crippen LogP contribution in [0.15, 0.2) is 24.3 Å². The molecule has 1 N–H and O–H groups in total. The van der Waals surface area contributed by atoms with Gasteiger partial charge >= 0.3 is 0 Å². The van der Waals surface area contributed by atoms with Crippen molar-refractivity contribution in [2.45, 2.75) is 59.5 Å². The summed E-state index contributed by atoms with van der Waals surface area (Å²) in [6.07, 6.45) is 4.02. The summed E-state index contributed by atoms with van der Waals surface area (Å²) in [5.74, 6) is 0.790. The number of benzene rings is 1. The highest BCUT2D eigenvalue weighted by molar-refractivity contribution is 5.25. The minimum atomic E-state index is 0.542. The van der Waals surface area contributed by atoms with Crippen LogP contribution in [-0.2, 0) is 6.54 Å². The summed E-state index contributed by atoms with van der Waals surface area (Å²) in [7, 11) is 0. The number of hydrogen-bond donors (Lipinski definition) is 1. The molecule has 2 unspecified atom stereocenters. The van der Waals surface area contributed by atoms with Gasteiger partial charge < -0.3 is 5.32 Å². The van der Waals surface area contributed by atoms with Crippen molar-refractivity contribution in [1.82, 2.24) is 5.32 Å². The lowest BCUT2D eigenvalue weighted by Gasteiger charge is -2.39. The van der Waals surface area contributed by atoms with Crippen LogP contribution in [0.1, 0.15) is 51.2 Å². The number of hydrogen-bond acceptors (Lipinski definition) is 1. The van der Waals surface area contributed by atoms with Crippen molar-refractivity contribution in [3.05, 3.63) is 35.4 Å². The van der Waals surface area contributed by atoms with Crippen LogP contribution in [0.5, 0.6) is 0 Å². The van der Waals surface area contributed by atoms with Crippen LogP contribution in [0.2, 0.25) is 0 Å². The second-order valence-electron chi connectivity index (χ2n) is 6.80. The average molecular weight is 245 g/mol. The van der Waals surface area contributed by atoms with Crippen LogP contribution >= 0.6 is 0 Å². The third kappa shape index (κ3) is 3.35. The Morgan fingerprint density at radius 2 is 2.00 bits per heavy atom. The van der Waals surface area contributed by atoms with E-state index >= 15 is 0 Å². The molecule has 0 aromatic heterocycles. The molecule has 0 spiro atoms. The van der Waals surface area contributed by atoms with E-state index in [-0.39, 0.29) is 0 Å². The Morgan fingerprint density at radius 1 is 1.28 bits per heavy atom. The highest BCUT2D eigenvalue weighted by Gasteiger charge is 2.31. The van der Waals surface area contributed by atoms with Crippen molar-refractivity contribution >= 4 is 0 Å². The van der Waals surface area contributed by atoms with Gasteiger partial charge in [0, 0.05) is 12.6 Å². The van der Waals surface area contributed by atoms with Crippen molar-refractivity contribution in [3.8, 4) is 0 Å². The molecule has 1 aliphatic carbocycles. The Hall–Kier alpha value is -0.820. The normalized spacial score (nSPS) is 27.1. The molecule has 0 aliphatic heterocycles. The van der Waals surface area contributed by atoms with Crippen LogP contribution in [-0.4, -0.2) is 6.04 Å². The van der Waals surface area contributed by atoms with Crippen LogP contribution < -0.4 is 5.32 Å². The maximum atomic E-state index is 3.77. The quantitative estimate of drug-likeness (QED) is 0.837. The molecule has 0 saturated heterocycles. The molecular weight excluding hydrogens is 218 g/mol. The monoisotopic (exact) mass is 245 g/mol. The Balaban J connectivity index is 1.90. The van der Waals surface area contributed by atoms with Crippen LogP contribution in [0.4, 0.5) is 0 Å². The summed E-state index contributed by atoms with van der Waals surface area (Å²) in [5.41, 5.74) is 3.38. The van der Waals surface area contributed by atoms with E-state index in [2.05, 4.69) is 57.3 Å². The Bertz CT molecular complexity index is 394. The van der Waals surface area contributed by atoms with Crippen molar-refractivity contribution in [1.29, 1.82) is 0 Å². The van der Waals surface area contributed by atoms with E-state index in [1.165, 1.54) is 30.4 Å². The Morgan fingerprint density at radius 3 is 2.67 bits per heavy atom. The van der Waals surface area contributed by atoms with Gasteiger partial charge in [0.25, 0.3) is 0 Å². The predicted octanol–water partition coefficient (Wildman–Crippen LogP) is 4.30. The molecule has 1 nitrogen and oxygen atoms in total. The molecule has 1 aromatic rings. The second-order valence-corrected chi connectivity index (χ2v) is 6.80. The summed E-state index contributed by atoms with van der Waals surface area (Å²) in [5, 5.41) is 3.77. The molecule has 0 bridgehead atoms. The van der Waals surface area contributed by atoms with Gasteiger partial charge in [0.1, 0.15) is 0 Å². The van der Waals surface area contributed by atoms with Gasteiger partial charge in [-0.05, 0) is 48.6 Å². The van der Waals surface area contributed by atoms with E-state index < -0.39 is 0 Å². The molecule has 1 saturated carbocycles. The fourth-order valence-corrected chi connectivity index (χ4v) is 3.30. The molecular formula is C17H27N. The first-order valence-corrected chi connectivity index (χ1v) is 7.26. The molecule has 2 atom stereocenters. The Labute approximate surface area is 112 Å². The van der Waals surface area contributed by atoms with Crippen molar-refractivity contribution in [2.24, 2.45) is 11.3 Å². The lowest BCUT2D eigenvalue weighted by atomic mass is 9.70. The summed E-state index contributed by atoms with van der Waals surface area (Å²) in [6.45, 7) is 10.4. The summed E-state index contributed by atoms with van der Waals surface area (Å²) >= 11 is 0. The maximum Gasteiger partial charge on any atom is 0.0210 e. The fourth-order valence-electron chi connectivity index (χ4n) is 3.30. The molecule has 2 rings (SSSR count). The fraction of sp³-hybridized carbons (Fsp3) is 0.647. The highest BCUT2D eigenvalue weighted by Crippen LogP contribution is 2.38. The third-order valence-corrected chi connectivity index (χ3v) is 4.51.